The summed E-state index contributed by atoms with van der Waals surface area (Å²) in [6.07, 6.45) is 2.48. The molecular formula is C13H24N4OS. The Kier molecular flexibility index (Phi) is 5.54. The van der Waals surface area contributed by atoms with Crippen molar-refractivity contribution < 1.29 is 4.74 Å². The maximum Gasteiger partial charge on any atom is 0.205 e. The Hall–Kier alpha value is -0.720. The molecule has 1 aromatic rings. The first-order chi connectivity index (χ1) is 9.22. The van der Waals surface area contributed by atoms with Gasteiger partial charge in [0.25, 0.3) is 0 Å². The predicted molar refractivity (Wildman–Crippen MR) is 79.1 cm³/mol. The predicted octanol–water partition coefficient (Wildman–Crippen LogP) is 1.87. The minimum Gasteiger partial charge on any atom is -0.383 e. The zero-order valence-corrected chi connectivity index (χ0v) is 12.9. The molecule has 1 N–H and O–H groups in total. The lowest BCUT2D eigenvalue weighted by molar-refractivity contribution is 0.199. The minimum absolute atomic E-state index is 0.408. The zero-order chi connectivity index (χ0) is 13.7. The van der Waals surface area contributed by atoms with Crippen molar-refractivity contribution >= 4 is 16.7 Å². The molecule has 19 heavy (non-hydrogen) atoms. The molecule has 1 fully saturated rings. The fourth-order valence-electron chi connectivity index (χ4n) is 2.32. The fraction of sp³-hybridized carbons (Fsp3) is 0.846. The number of hydrogen-bond acceptors (Lipinski definition) is 6. The molecule has 6 heteroatoms. The van der Waals surface area contributed by atoms with Crippen LogP contribution in [-0.2, 0) is 4.74 Å². The van der Waals surface area contributed by atoms with Crippen molar-refractivity contribution in [1.29, 1.82) is 0 Å². The average molecular weight is 284 g/mol. The largest absolute Gasteiger partial charge is 0.383 e. The van der Waals surface area contributed by atoms with Crippen LogP contribution in [0, 0.1) is 0 Å². The highest BCUT2D eigenvalue weighted by atomic mass is 32.1. The zero-order valence-electron chi connectivity index (χ0n) is 12.1. The second kappa shape index (κ2) is 7.17. The highest BCUT2D eigenvalue weighted by Crippen LogP contribution is 2.28. The van der Waals surface area contributed by atoms with Gasteiger partial charge in [-0.05, 0) is 12.8 Å². The van der Waals surface area contributed by atoms with Gasteiger partial charge in [0.2, 0.25) is 5.13 Å². The number of nitrogens with zero attached hydrogens (tertiary/aromatic N) is 3. The van der Waals surface area contributed by atoms with Crippen molar-refractivity contribution in [3.05, 3.63) is 5.82 Å². The standard InChI is InChI=1S/C13H24N4OS/c1-10(2)12-15-13(19-16-12)17-7-4-5-11(17)9-14-6-8-18-3/h10-11,14H,4-9H2,1-3H3. The van der Waals surface area contributed by atoms with E-state index in [-0.39, 0.29) is 0 Å². The Labute approximate surface area is 119 Å². The first kappa shape index (κ1) is 14.7. The summed E-state index contributed by atoms with van der Waals surface area (Å²) in [5.74, 6) is 1.38. The third-order valence-electron chi connectivity index (χ3n) is 3.43. The van der Waals surface area contributed by atoms with Crippen molar-refractivity contribution in [2.24, 2.45) is 0 Å². The van der Waals surface area contributed by atoms with Gasteiger partial charge >= 0.3 is 0 Å². The molecule has 0 spiro atoms. The Morgan fingerprint density at radius 3 is 3.05 bits per heavy atom. The van der Waals surface area contributed by atoms with Crippen LogP contribution < -0.4 is 10.2 Å². The Morgan fingerprint density at radius 2 is 2.37 bits per heavy atom. The van der Waals surface area contributed by atoms with Crippen molar-refractivity contribution in [2.75, 3.05) is 38.3 Å². The molecule has 1 unspecified atom stereocenters. The van der Waals surface area contributed by atoms with Crippen molar-refractivity contribution in [3.63, 3.8) is 0 Å². The monoisotopic (exact) mass is 284 g/mol. The lowest BCUT2D eigenvalue weighted by Crippen LogP contribution is -2.39. The highest BCUT2D eigenvalue weighted by Gasteiger charge is 2.27. The first-order valence-electron chi connectivity index (χ1n) is 7.02. The molecule has 2 heterocycles. The lowest BCUT2D eigenvalue weighted by Gasteiger charge is -2.23. The maximum atomic E-state index is 5.05. The molecular weight excluding hydrogens is 260 g/mol. The topological polar surface area (TPSA) is 50.3 Å². The van der Waals surface area contributed by atoms with Crippen molar-refractivity contribution in [1.82, 2.24) is 14.7 Å². The summed E-state index contributed by atoms with van der Waals surface area (Å²) in [5.41, 5.74) is 0. The molecule has 1 aliphatic rings. The molecule has 1 aromatic heterocycles. The van der Waals surface area contributed by atoms with E-state index in [1.807, 2.05) is 0 Å². The van der Waals surface area contributed by atoms with Crippen LogP contribution in [0.25, 0.3) is 0 Å². The van der Waals surface area contributed by atoms with E-state index in [1.54, 1.807) is 7.11 Å². The average Bonchev–Trinajstić information content (AvgIpc) is 3.02. The summed E-state index contributed by atoms with van der Waals surface area (Å²) in [7, 11) is 1.73. The molecule has 0 aliphatic carbocycles. The van der Waals surface area contributed by atoms with E-state index in [1.165, 1.54) is 24.4 Å². The van der Waals surface area contributed by atoms with Crippen LogP contribution in [0.4, 0.5) is 5.13 Å². The van der Waals surface area contributed by atoms with Crippen LogP contribution in [0.3, 0.4) is 0 Å². The Morgan fingerprint density at radius 1 is 1.53 bits per heavy atom. The van der Waals surface area contributed by atoms with E-state index < -0.39 is 0 Å². The second-order valence-corrected chi connectivity index (χ2v) is 6.01. The number of aromatic nitrogens is 2. The van der Waals surface area contributed by atoms with Crippen LogP contribution in [0.15, 0.2) is 0 Å². The minimum atomic E-state index is 0.408. The van der Waals surface area contributed by atoms with E-state index >= 15 is 0 Å². The van der Waals surface area contributed by atoms with E-state index in [9.17, 15) is 0 Å². The van der Waals surface area contributed by atoms with Gasteiger partial charge in [-0.1, -0.05) is 13.8 Å². The molecule has 0 bridgehead atoms. The first-order valence-corrected chi connectivity index (χ1v) is 7.79. The summed E-state index contributed by atoms with van der Waals surface area (Å²) in [5, 5.41) is 4.53. The van der Waals surface area contributed by atoms with Crippen LogP contribution in [-0.4, -0.2) is 48.8 Å². The van der Waals surface area contributed by atoms with Gasteiger partial charge in [-0.2, -0.15) is 4.37 Å². The van der Waals surface area contributed by atoms with E-state index in [2.05, 4.69) is 33.4 Å². The molecule has 5 nitrogen and oxygen atoms in total. The molecule has 108 valence electrons. The number of hydrogen-bond donors (Lipinski definition) is 1. The number of anilines is 1. The summed E-state index contributed by atoms with van der Waals surface area (Å²) < 4.78 is 9.50. The van der Waals surface area contributed by atoms with Gasteiger partial charge in [0, 0.05) is 50.2 Å². The Bertz CT molecular complexity index is 382. The summed E-state index contributed by atoms with van der Waals surface area (Å²) in [6, 6.07) is 0.546. The van der Waals surface area contributed by atoms with E-state index in [0.717, 1.165) is 37.2 Å². The smallest absolute Gasteiger partial charge is 0.205 e. The normalized spacial score (nSPS) is 19.6. The highest BCUT2D eigenvalue weighted by molar-refractivity contribution is 7.09. The third-order valence-corrected chi connectivity index (χ3v) is 4.20. The fourth-order valence-corrected chi connectivity index (χ4v) is 3.23. The molecule has 0 saturated carbocycles. The molecule has 0 radical (unpaired) electrons. The van der Waals surface area contributed by atoms with E-state index in [0.29, 0.717) is 12.0 Å². The van der Waals surface area contributed by atoms with Crippen LogP contribution in [0.2, 0.25) is 0 Å². The number of ether oxygens (including phenoxy) is 1. The number of nitrogens with one attached hydrogen (secondary N) is 1. The SMILES string of the molecule is COCCNCC1CCCN1c1nc(C(C)C)ns1. The maximum absolute atomic E-state index is 5.05. The van der Waals surface area contributed by atoms with Gasteiger partial charge in [0.1, 0.15) is 5.82 Å². The van der Waals surface area contributed by atoms with Crippen LogP contribution >= 0.6 is 11.5 Å². The van der Waals surface area contributed by atoms with Gasteiger partial charge in [-0.25, -0.2) is 4.98 Å². The van der Waals surface area contributed by atoms with Gasteiger partial charge in [0.15, 0.2) is 0 Å². The lowest BCUT2D eigenvalue weighted by atomic mass is 10.2. The molecule has 0 aromatic carbocycles. The van der Waals surface area contributed by atoms with Crippen LogP contribution in [0.1, 0.15) is 38.4 Å². The van der Waals surface area contributed by atoms with Gasteiger partial charge in [-0.15, -0.1) is 0 Å². The summed E-state index contributed by atoms with van der Waals surface area (Å²) in [4.78, 5) is 7.07. The van der Waals surface area contributed by atoms with Crippen LogP contribution in [0.5, 0.6) is 0 Å². The number of methoxy groups -OCH3 is 1. The third kappa shape index (κ3) is 3.87. The van der Waals surface area contributed by atoms with Gasteiger partial charge in [0.05, 0.1) is 6.61 Å². The number of rotatable bonds is 7. The molecule has 1 atom stereocenters. The molecule has 0 amide bonds. The summed E-state index contributed by atoms with van der Waals surface area (Å²) in [6.45, 7) is 8.06. The molecule has 1 saturated heterocycles. The second-order valence-electron chi connectivity index (χ2n) is 5.28. The van der Waals surface area contributed by atoms with Crippen molar-refractivity contribution in [2.45, 2.75) is 38.6 Å². The quantitative estimate of drug-likeness (QED) is 0.775. The Balaban J connectivity index is 1.90. The van der Waals surface area contributed by atoms with E-state index in [4.69, 9.17) is 4.74 Å². The van der Waals surface area contributed by atoms with Gasteiger partial charge < -0.3 is 15.0 Å². The molecule has 1 aliphatic heterocycles. The summed E-state index contributed by atoms with van der Waals surface area (Å²) >= 11 is 1.53. The van der Waals surface area contributed by atoms with Crippen molar-refractivity contribution in [3.8, 4) is 0 Å². The van der Waals surface area contributed by atoms with Gasteiger partial charge in [-0.3, -0.25) is 0 Å². The molecule has 2 rings (SSSR count).